The second-order valence-corrected chi connectivity index (χ2v) is 15.1. The molecular formula is C30H44O4S. The topological polar surface area (TPSA) is 52.6 Å². The molecule has 1 aromatic rings. The number of hydrogen-bond acceptors (Lipinski definition) is 4. The Morgan fingerprint density at radius 1 is 1.03 bits per heavy atom. The van der Waals surface area contributed by atoms with Crippen LogP contribution in [-0.4, -0.2) is 28.2 Å². The van der Waals surface area contributed by atoms with Crippen LogP contribution in [0.4, 0.5) is 0 Å². The lowest BCUT2D eigenvalue weighted by atomic mass is 9.45. The quantitative estimate of drug-likeness (QED) is 0.412. The zero-order valence-electron chi connectivity index (χ0n) is 22.3. The summed E-state index contributed by atoms with van der Waals surface area (Å²) < 4.78 is 37.5. The summed E-state index contributed by atoms with van der Waals surface area (Å²) in [6.45, 7) is 9.61. The Hall–Kier alpha value is -0.910. The van der Waals surface area contributed by atoms with Gasteiger partial charge in [-0.05, 0) is 117 Å². The molecule has 0 aliphatic heterocycles. The monoisotopic (exact) mass is 500 g/mol. The van der Waals surface area contributed by atoms with E-state index in [0.29, 0.717) is 22.9 Å². The van der Waals surface area contributed by atoms with Gasteiger partial charge in [0.15, 0.2) is 0 Å². The van der Waals surface area contributed by atoms with Crippen molar-refractivity contribution in [2.75, 3.05) is 13.7 Å². The summed E-state index contributed by atoms with van der Waals surface area (Å²) in [5, 5.41) is 0. The van der Waals surface area contributed by atoms with Gasteiger partial charge in [0, 0.05) is 12.5 Å². The molecule has 0 amide bonds. The Kier molecular flexibility index (Phi) is 5.61. The highest BCUT2D eigenvalue weighted by atomic mass is 32.2. The lowest BCUT2D eigenvalue weighted by molar-refractivity contribution is -0.161. The largest absolute Gasteiger partial charge is 0.381 e. The molecule has 5 aliphatic rings. The van der Waals surface area contributed by atoms with Crippen molar-refractivity contribution in [3.8, 4) is 0 Å². The van der Waals surface area contributed by atoms with E-state index in [2.05, 4.69) is 20.8 Å². The van der Waals surface area contributed by atoms with E-state index in [4.69, 9.17) is 8.92 Å². The highest BCUT2D eigenvalue weighted by Gasteiger charge is 2.77. The summed E-state index contributed by atoms with van der Waals surface area (Å²) in [6.07, 6.45) is 11.0. The molecule has 0 aromatic heterocycles. The van der Waals surface area contributed by atoms with Crippen LogP contribution >= 0.6 is 0 Å². The molecule has 4 nitrogen and oxygen atoms in total. The van der Waals surface area contributed by atoms with Crippen molar-refractivity contribution < 1.29 is 17.3 Å². The average molecular weight is 501 g/mol. The Morgan fingerprint density at radius 3 is 2.46 bits per heavy atom. The van der Waals surface area contributed by atoms with Gasteiger partial charge in [-0.15, -0.1) is 0 Å². The predicted molar refractivity (Wildman–Crippen MR) is 137 cm³/mol. The number of aryl methyl sites for hydroxylation is 1. The van der Waals surface area contributed by atoms with Crippen LogP contribution in [0, 0.1) is 58.7 Å². The van der Waals surface area contributed by atoms with Gasteiger partial charge in [-0.2, -0.15) is 8.42 Å². The van der Waals surface area contributed by atoms with Crippen molar-refractivity contribution in [3.63, 3.8) is 0 Å². The third-order valence-electron chi connectivity index (χ3n) is 12.4. The fraction of sp³-hybridized carbons (Fsp3) is 0.800. The van der Waals surface area contributed by atoms with Crippen molar-refractivity contribution in [1.82, 2.24) is 0 Å². The number of benzene rings is 1. The van der Waals surface area contributed by atoms with Gasteiger partial charge >= 0.3 is 0 Å². The summed E-state index contributed by atoms with van der Waals surface area (Å²) >= 11 is 0. The number of rotatable bonds is 6. The van der Waals surface area contributed by atoms with Crippen LogP contribution in [-0.2, 0) is 19.0 Å². The van der Waals surface area contributed by atoms with E-state index in [1.807, 2.05) is 26.2 Å². The third kappa shape index (κ3) is 3.32. The summed E-state index contributed by atoms with van der Waals surface area (Å²) in [7, 11) is -1.76. The molecule has 35 heavy (non-hydrogen) atoms. The summed E-state index contributed by atoms with van der Waals surface area (Å²) in [6, 6.07) is 6.97. The second-order valence-electron chi connectivity index (χ2n) is 13.5. The van der Waals surface area contributed by atoms with Crippen LogP contribution in [0.15, 0.2) is 29.2 Å². The maximum absolute atomic E-state index is 12.8. The fourth-order valence-corrected chi connectivity index (χ4v) is 11.6. The van der Waals surface area contributed by atoms with Crippen LogP contribution in [0.2, 0.25) is 0 Å². The zero-order valence-corrected chi connectivity index (χ0v) is 23.1. The number of hydrogen-bond donors (Lipinski definition) is 0. The van der Waals surface area contributed by atoms with Crippen LogP contribution in [0.1, 0.15) is 77.7 Å². The molecule has 5 fully saturated rings. The Balaban J connectivity index is 1.18. The van der Waals surface area contributed by atoms with E-state index in [1.165, 1.54) is 51.4 Å². The van der Waals surface area contributed by atoms with E-state index in [9.17, 15) is 8.42 Å². The van der Waals surface area contributed by atoms with Gasteiger partial charge < -0.3 is 4.74 Å². The second kappa shape index (κ2) is 8.04. The van der Waals surface area contributed by atoms with Crippen LogP contribution in [0.3, 0.4) is 0 Å². The van der Waals surface area contributed by atoms with Crippen molar-refractivity contribution in [1.29, 1.82) is 0 Å². The Morgan fingerprint density at radius 2 is 1.77 bits per heavy atom. The molecular weight excluding hydrogens is 456 g/mol. The summed E-state index contributed by atoms with van der Waals surface area (Å²) in [5.74, 6) is 3.98. The number of ether oxygens (including phenoxy) is 1. The molecule has 6 rings (SSSR count). The van der Waals surface area contributed by atoms with Crippen molar-refractivity contribution >= 4 is 10.1 Å². The Labute approximate surface area is 212 Å². The molecule has 1 aromatic carbocycles. The minimum Gasteiger partial charge on any atom is -0.381 e. The van der Waals surface area contributed by atoms with Gasteiger partial charge in [-0.25, -0.2) is 0 Å². The van der Waals surface area contributed by atoms with E-state index in [-0.39, 0.29) is 22.8 Å². The standard InChI is InChI=1S/C30H44O4S/c1-19-6-8-22(9-7-19)35(31,32)34-18-20(2)24-10-11-25-23-16-27(33-5)30-17-21(30)12-15-29(30,4)26(23)13-14-28(24,25)3/h6-9,20-21,23-27H,10-18H2,1-5H3. The van der Waals surface area contributed by atoms with Crippen LogP contribution < -0.4 is 0 Å². The zero-order chi connectivity index (χ0) is 24.8. The maximum Gasteiger partial charge on any atom is 0.296 e. The first-order chi connectivity index (χ1) is 16.6. The molecule has 1 spiro atoms. The molecule has 5 aliphatic carbocycles. The van der Waals surface area contributed by atoms with Gasteiger partial charge in [0.05, 0.1) is 17.6 Å². The lowest BCUT2D eigenvalue weighted by Gasteiger charge is -2.61. The lowest BCUT2D eigenvalue weighted by Crippen LogP contribution is -2.57. The minimum absolute atomic E-state index is 0.227. The molecule has 0 heterocycles. The van der Waals surface area contributed by atoms with Crippen LogP contribution in [0.25, 0.3) is 0 Å². The normalized spacial score (nSPS) is 46.9. The highest BCUT2D eigenvalue weighted by molar-refractivity contribution is 7.86. The molecule has 10 atom stereocenters. The molecule has 5 saturated carbocycles. The van der Waals surface area contributed by atoms with Crippen molar-refractivity contribution in [3.05, 3.63) is 29.8 Å². The first-order valence-corrected chi connectivity index (χ1v) is 15.5. The minimum atomic E-state index is -3.72. The Bertz CT molecular complexity index is 1080. The van der Waals surface area contributed by atoms with E-state index in [1.54, 1.807) is 12.1 Å². The van der Waals surface area contributed by atoms with Crippen molar-refractivity contribution in [2.45, 2.75) is 90.1 Å². The maximum atomic E-state index is 12.8. The van der Waals surface area contributed by atoms with E-state index >= 15 is 0 Å². The molecule has 10 unspecified atom stereocenters. The molecule has 0 bridgehead atoms. The summed E-state index contributed by atoms with van der Waals surface area (Å²) in [5.41, 5.74) is 2.25. The van der Waals surface area contributed by atoms with Gasteiger partial charge in [0.2, 0.25) is 0 Å². The first-order valence-electron chi connectivity index (χ1n) is 14.1. The predicted octanol–water partition coefficient (Wildman–Crippen LogP) is 6.62. The van der Waals surface area contributed by atoms with Crippen LogP contribution in [0.5, 0.6) is 0 Å². The van der Waals surface area contributed by atoms with Crippen molar-refractivity contribution in [2.24, 2.45) is 51.8 Å². The molecule has 5 heteroatoms. The van der Waals surface area contributed by atoms with E-state index in [0.717, 1.165) is 29.2 Å². The molecule has 194 valence electrons. The smallest absolute Gasteiger partial charge is 0.296 e. The third-order valence-corrected chi connectivity index (χ3v) is 13.7. The highest BCUT2D eigenvalue weighted by Crippen LogP contribution is 2.82. The summed E-state index contributed by atoms with van der Waals surface area (Å²) in [4.78, 5) is 0.260. The SMILES string of the molecule is COC1CC2C3CCC(C(C)COS(=O)(=O)c4ccc(C)cc4)C3(C)CCC2C2(C)CCC3CC312. The molecule has 0 saturated heterocycles. The van der Waals surface area contributed by atoms with Gasteiger partial charge in [-0.1, -0.05) is 38.5 Å². The van der Waals surface area contributed by atoms with Gasteiger partial charge in [0.1, 0.15) is 0 Å². The van der Waals surface area contributed by atoms with Gasteiger partial charge in [-0.3, -0.25) is 4.18 Å². The van der Waals surface area contributed by atoms with Gasteiger partial charge in [0.25, 0.3) is 10.1 Å². The first kappa shape index (κ1) is 24.4. The van der Waals surface area contributed by atoms with E-state index < -0.39 is 10.1 Å². The number of methoxy groups -OCH3 is 1. The average Bonchev–Trinajstić information content (AvgIpc) is 3.34. The molecule has 0 radical (unpaired) electrons. The number of fused-ring (bicyclic) bond motifs is 4. The fourth-order valence-electron chi connectivity index (χ4n) is 10.6. The molecule has 0 N–H and O–H groups in total.